The summed E-state index contributed by atoms with van der Waals surface area (Å²) < 4.78 is 6.21. The van der Waals surface area contributed by atoms with E-state index >= 15 is 0 Å². The van der Waals surface area contributed by atoms with Crippen LogP contribution in [-0.2, 0) is 0 Å². The Morgan fingerprint density at radius 2 is 2.26 bits per heavy atom. The highest BCUT2D eigenvalue weighted by molar-refractivity contribution is 9.10. The molecule has 0 bridgehead atoms. The van der Waals surface area contributed by atoms with Gasteiger partial charge in [0.1, 0.15) is 5.75 Å². The minimum absolute atomic E-state index is 0.123. The molecule has 0 aromatic heterocycles. The lowest BCUT2D eigenvalue weighted by Gasteiger charge is -2.20. The first-order valence-corrected chi connectivity index (χ1v) is 7.66. The fourth-order valence-electron chi connectivity index (χ4n) is 2.65. The molecular weight excluding hydrogens is 306 g/mol. The van der Waals surface area contributed by atoms with E-state index in [1.54, 1.807) is 7.11 Å². The van der Waals surface area contributed by atoms with E-state index in [0.29, 0.717) is 5.92 Å². The van der Waals surface area contributed by atoms with Gasteiger partial charge in [0.25, 0.3) is 0 Å². The number of aliphatic hydroxyl groups is 1. The van der Waals surface area contributed by atoms with Crippen molar-refractivity contribution in [1.82, 2.24) is 5.32 Å². The smallest absolute Gasteiger partial charge is 0.133 e. The second kappa shape index (κ2) is 6.73. The maximum absolute atomic E-state index is 9.82. The fourth-order valence-corrected chi connectivity index (χ4v) is 3.21. The highest BCUT2D eigenvalue weighted by Gasteiger charge is 2.25. The van der Waals surface area contributed by atoms with Crippen LogP contribution >= 0.6 is 15.9 Å². The zero-order valence-electron chi connectivity index (χ0n) is 11.5. The number of ether oxygens (including phenoxy) is 1. The van der Waals surface area contributed by atoms with Gasteiger partial charge < -0.3 is 15.2 Å². The Balaban J connectivity index is 1.92. The first-order valence-electron chi connectivity index (χ1n) is 6.86. The molecule has 0 aliphatic heterocycles. The summed E-state index contributed by atoms with van der Waals surface area (Å²) in [5.74, 6) is 1.26. The van der Waals surface area contributed by atoms with Crippen LogP contribution < -0.4 is 10.1 Å². The van der Waals surface area contributed by atoms with E-state index in [4.69, 9.17) is 4.74 Å². The van der Waals surface area contributed by atoms with E-state index in [9.17, 15) is 5.11 Å². The average molecular weight is 328 g/mol. The summed E-state index contributed by atoms with van der Waals surface area (Å²) in [5.41, 5.74) is 1.22. The van der Waals surface area contributed by atoms with Gasteiger partial charge in [0.2, 0.25) is 0 Å². The normalized spacial score (nSPS) is 24.4. The van der Waals surface area contributed by atoms with Crippen LogP contribution in [0.25, 0.3) is 0 Å². The number of benzene rings is 1. The highest BCUT2D eigenvalue weighted by atomic mass is 79.9. The van der Waals surface area contributed by atoms with Crippen molar-refractivity contribution in [1.29, 1.82) is 0 Å². The lowest BCUT2D eigenvalue weighted by molar-refractivity contribution is 0.130. The van der Waals surface area contributed by atoms with Gasteiger partial charge in [-0.25, -0.2) is 0 Å². The summed E-state index contributed by atoms with van der Waals surface area (Å²) in [6.07, 6.45) is 3.11. The van der Waals surface area contributed by atoms with Gasteiger partial charge in [-0.2, -0.15) is 0 Å². The van der Waals surface area contributed by atoms with Crippen molar-refractivity contribution in [2.45, 2.75) is 38.3 Å². The molecule has 1 aromatic rings. The summed E-state index contributed by atoms with van der Waals surface area (Å²) in [5, 5.41) is 13.3. The summed E-state index contributed by atoms with van der Waals surface area (Å²) >= 11 is 3.51. The Kier molecular flexibility index (Phi) is 5.25. The van der Waals surface area contributed by atoms with Crippen LogP contribution in [0.2, 0.25) is 0 Å². The molecule has 1 aromatic carbocycles. The molecule has 0 radical (unpaired) electrons. The van der Waals surface area contributed by atoms with Gasteiger partial charge in [0, 0.05) is 12.6 Å². The third kappa shape index (κ3) is 3.71. The van der Waals surface area contributed by atoms with E-state index in [-0.39, 0.29) is 12.1 Å². The van der Waals surface area contributed by atoms with Gasteiger partial charge >= 0.3 is 0 Å². The minimum Gasteiger partial charge on any atom is -0.496 e. The first kappa shape index (κ1) is 14.8. The molecule has 3 unspecified atom stereocenters. The van der Waals surface area contributed by atoms with E-state index in [2.05, 4.69) is 40.3 Å². The standard InChI is InChI=1S/C15H22BrNO2/c1-10(17-9-12-4-3-5-14(12)18)11-6-7-15(19-2)13(16)8-11/h6-8,10,12,14,17-18H,3-5,9H2,1-2H3. The molecule has 4 heteroatoms. The van der Waals surface area contributed by atoms with Crippen molar-refractivity contribution in [2.24, 2.45) is 5.92 Å². The van der Waals surface area contributed by atoms with Crippen LogP contribution in [-0.4, -0.2) is 24.9 Å². The Labute approximate surface area is 123 Å². The second-order valence-corrected chi connectivity index (χ2v) is 6.14. The molecule has 1 aliphatic carbocycles. The van der Waals surface area contributed by atoms with Gasteiger partial charge in [-0.15, -0.1) is 0 Å². The van der Waals surface area contributed by atoms with Crippen LogP contribution in [0.1, 0.15) is 37.8 Å². The Morgan fingerprint density at radius 3 is 2.84 bits per heavy atom. The largest absolute Gasteiger partial charge is 0.496 e. The van der Waals surface area contributed by atoms with Gasteiger partial charge in [0.05, 0.1) is 17.7 Å². The number of methoxy groups -OCH3 is 1. The second-order valence-electron chi connectivity index (χ2n) is 5.28. The molecule has 1 fully saturated rings. The zero-order chi connectivity index (χ0) is 13.8. The number of hydrogen-bond donors (Lipinski definition) is 2. The SMILES string of the molecule is COc1ccc(C(C)NCC2CCCC2O)cc1Br. The van der Waals surface area contributed by atoms with Crippen LogP contribution in [0, 0.1) is 5.92 Å². The molecule has 3 atom stereocenters. The van der Waals surface area contributed by atoms with Gasteiger partial charge in [-0.3, -0.25) is 0 Å². The molecule has 0 heterocycles. The molecule has 2 rings (SSSR count). The molecule has 0 amide bonds. The summed E-state index contributed by atoms with van der Waals surface area (Å²) in [7, 11) is 1.67. The summed E-state index contributed by atoms with van der Waals surface area (Å²) in [6, 6.07) is 6.41. The van der Waals surface area contributed by atoms with Crippen molar-refractivity contribution in [2.75, 3.05) is 13.7 Å². The number of halogens is 1. The summed E-state index contributed by atoms with van der Waals surface area (Å²) in [4.78, 5) is 0. The van der Waals surface area contributed by atoms with Crippen molar-refractivity contribution < 1.29 is 9.84 Å². The van der Waals surface area contributed by atoms with Crippen molar-refractivity contribution in [3.8, 4) is 5.75 Å². The Bertz CT molecular complexity index is 425. The Morgan fingerprint density at radius 1 is 1.47 bits per heavy atom. The van der Waals surface area contributed by atoms with Crippen molar-refractivity contribution >= 4 is 15.9 Å². The first-order chi connectivity index (χ1) is 9.11. The monoisotopic (exact) mass is 327 g/mol. The van der Waals surface area contributed by atoms with Crippen LogP contribution in [0.5, 0.6) is 5.75 Å². The van der Waals surface area contributed by atoms with Crippen LogP contribution in [0.4, 0.5) is 0 Å². The lowest BCUT2D eigenvalue weighted by Crippen LogP contribution is -2.29. The molecule has 0 saturated heterocycles. The fraction of sp³-hybridized carbons (Fsp3) is 0.600. The summed E-state index contributed by atoms with van der Waals surface area (Å²) in [6.45, 7) is 3.03. The molecular formula is C15H22BrNO2. The molecule has 2 N–H and O–H groups in total. The van der Waals surface area contributed by atoms with Crippen molar-refractivity contribution in [3.63, 3.8) is 0 Å². The maximum atomic E-state index is 9.82. The topological polar surface area (TPSA) is 41.5 Å². The lowest BCUT2D eigenvalue weighted by atomic mass is 10.0. The minimum atomic E-state index is -0.123. The predicted octanol–water partition coefficient (Wildman–Crippen LogP) is 3.27. The maximum Gasteiger partial charge on any atom is 0.133 e. The predicted molar refractivity (Wildman–Crippen MR) is 80.5 cm³/mol. The van der Waals surface area contributed by atoms with Gasteiger partial charge in [-0.05, 0) is 59.3 Å². The average Bonchev–Trinajstić information content (AvgIpc) is 2.81. The van der Waals surface area contributed by atoms with Gasteiger partial charge in [0.15, 0.2) is 0 Å². The zero-order valence-corrected chi connectivity index (χ0v) is 13.1. The molecule has 1 saturated carbocycles. The van der Waals surface area contributed by atoms with E-state index in [1.807, 2.05) is 6.07 Å². The molecule has 1 aliphatic rings. The molecule has 106 valence electrons. The Hall–Kier alpha value is -0.580. The third-order valence-electron chi connectivity index (χ3n) is 3.98. The highest BCUT2D eigenvalue weighted by Crippen LogP contribution is 2.29. The molecule has 19 heavy (non-hydrogen) atoms. The van der Waals surface area contributed by atoms with E-state index in [1.165, 1.54) is 5.56 Å². The van der Waals surface area contributed by atoms with Crippen LogP contribution in [0.3, 0.4) is 0 Å². The number of rotatable bonds is 5. The van der Waals surface area contributed by atoms with E-state index < -0.39 is 0 Å². The van der Waals surface area contributed by atoms with Gasteiger partial charge in [-0.1, -0.05) is 12.5 Å². The number of aliphatic hydroxyl groups excluding tert-OH is 1. The molecule has 3 nitrogen and oxygen atoms in total. The van der Waals surface area contributed by atoms with Crippen molar-refractivity contribution in [3.05, 3.63) is 28.2 Å². The number of nitrogens with one attached hydrogen (secondary N) is 1. The van der Waals surface area contributed by atoms with E-state index in [0.717, 1.165) is 36.0 Å². The molecule has 0 spiro atoms. The quantitative estimate of drug-likeness (QED) is 0.872. The van der Waals surface area contributed by atoms with Crippen LogP contribution in [0.15, 0.2) is 22.7 Å². The third-order valence-corrected chi connectivity index (χ3v) is 4.60. The number of hydrogen-bond acceptors (Lipinski definition) is 3.